The second kappa shape index (κ2) is 11.6. The van der Waals surface area contributed by atoms with E-state index in [1.807, 2.05) is 48.5 Å². The zero-order valence-corrected chi connectivity index (χ0v) is 18.8. The van der Waals surface area contributed by atoms with Crippen molar-refractivity contribution in [2.75, 3.05) is 6.61 Å². The number of rotatable bonds is 11. The lowest BCUT2D eigenvalue weighted by Crippen LogP contribution is -2.45. The molecule has 0 radical (unpaired) electrons. The van der Waals surface area contributed by atoms with Crippen LogP contribution in [0.15, 0.2) is 48.5 Å². The van der Waals surface area contributed by atoms with Crippen LogP contribution in [0.25, 0.3) is 11.1 Å². The summed E-state index contributed by atoms with van der Waals surface area (Å²) in [4.78, 5) is 35.2. The number of nitrogens with one attached hydrogen (secondary N) is 2. The average Bonchev–Trinajstić information content (AvgIpc) is 3.13. The SMILES string of the molecule is CCC(CCC(=O)O)NC(=O)CC(NC(=O)OCC1c2ccccc2-c2ccccc21)C(F)F. The van der Waals surface area contributed by atoms with Gasteiger partial charge in [0.05, 0.1) is 6.42 Å². The minimum absolute atomic E-state index is 0.0326. The second-order valence-electron chi connectivity index (χ2n) is 8.22. The van der Waals surface area contributed by atoms with Gasteiger partial charge in [-0.05, 0) is 35.1 Å². The van der Waals surface area contributed by atoms with Gasteiger partial charge in [0.15, 0.2) is 0 Å². The van der Waals surface area contributed by atoms with Crippen molar-refractivity contribution in [3.05, 3.63) is 59.7 Å². The summed E-state index contributed by atoms with van der Waals surface area (Å²) < 4.78 is 32.3. The van der Waals surface area contributed by atoms with Gasteiger partial charge in [0, 0.05) is 18.4 Å². The molecule has 2 atom stereocenters. The van der Waals surface area contributed by atoms with E-state index >= 15 is 0 Å². The van der Waals surface area contributed by atoms with Crippen molar-refractivity contribution in [1.82, 2.24) is 10.6 Å². The summed E-state index contributed by atoms with van der Waals surface area (Å²) in [6.07, 6.45) is -4.15. The molecule has 7 nitrogen and oxygen atoms in total. The molecule has 0 fully saturated rings. The number of ether oxygens (including phenoxy) is 1. The lowest BCUT2D eigenvalue weighted by Gasteiger charge is -2.21. The van der Waals surface area contributed by atoms with Gasteiger partial charge in [-0.3, -0.25) is 9.59 Å². The largest absolute Gasteiger partial charge is 0.481 e. The maximum absolute atomic E-state index is 13.5. The van der Waals surface area contributed by atoms with Crippen LogP contribution in [0.5, 0.6) is 0 Å². The summed E-state index contributed by atoms with van der Waals surface area (Å²) in [5.74, 6) is -1.91. The minimum atomic E-state index is -2.98. The number of carbonyl (C=O) groups excluding carboxylic acids is 2. The van der Waals surface area contributed by atoms with E-state index in [2.05, 4.69) is 10.6 Å². The molecule has 2 aromatic rings. The molecular formula is C25H28F2N2O5. The zero-order valence-electron chi connectivity index (χ0n) is 18.8. The topological polar surface area (TPSA) is 105 Å². The van der Waals surface area contributed by atoms with Crippen LogP contribution in [0.3, 0.4) is 0 Å². The highest BCUT2D eigenvalue weighted by molar-refractivity contribution is 5.80. The summed E-state index contributed by atoms with van der Waals surface area (Å²) >= 11 is 0. The second-order valence-corrected chi connectivity index (χ2v) is 8.22. The van der Waals surface area contributed by atoms with Crippen LogP contribution < -0.4 is 10.6 Å². The average molecular weight is 475 g/mol. The fourth-order valence-electron chi connectivity index (χ4n) is 4.16. The molecule has 2 amide bonds. The van der Waals surface area contributed by atoms with Gasteiger partial charge in [0.25, 0.3) is 6.43 Å². The van der Waals surface area contributed by atoms with Gasteiger partial charge in [-0.25, -0.2) is 13.6 Å². The Kier molecular flexibility index (Phi) is 8.56. The van der Waals surface area contributed by atoms with Crippen LogP contribution in [0.2, 0.25) is 0 Å². The van der Waals surface area contributed by atoms with E-state index in [-0.39, 0.29) is 25.4 Å². The number of alkyl carbamates (subject to hydrolysis) is 1. The summed E-state index contributed by atoms with van der Waals surface area (Å²) in [6.45, 7) is 1.72. The van der Waals surface area contributed by atoms with Gasteiger partial charge >= 0.3 is 12.1 Å². The number of benzene rings is 2. The van der Waals surface area contributed by atoms with Gasteiger partial charge in [-0.15, -0.1) is 0 Å². The molecule has 0 bridgehead atoms. The predicted octanol–water partition coefficient (Wildman–Crippen LogP) is 4.31. The lowest BCUT2D eigenvalue weighted by atomic mass is 9.98. The van der Waals surface area contributed by atoms with Crippen molar-refractivity contribution in [3.8, 4) is 11.1 Å². The van der Waals surface area contributed by atoms with Gasteiger partial charge in [-0.2, -0.15) is 0 Å². The van der Waals surface area contributed by atoms with Gasteiger partial charge in [0.1, 0.15) is 12.6 Å². The Morgan fingerprint density at radius 2 is 1.59 bits per heavy atom. The molecule has 9 heteroatoms. The van der Waals surface area contributed by atoms with E-state index in [4.69, 9.17) is 9.84 Å². The Labute approximate surface area is 196 Å². The Hall–Kier alpha value is -3.49. The van der Waals surface area contributed by atoms with Crippen LogP contribution >= 0.6 is 0 Å². The molecule has 34 heavy (non-hydrogen) atoms. The van der Waals surface area contributed by atoms with Crippen LogP contribution in [-0.2, 0) is 14.3 Å². The standard InChI is InChI=1S/C25H28F2N2O5/c1-2-15(11-12-23(31)32)28-22(30)13-21(24(26)27)29-25(33)34-14-20-18-9-5-3-7-16(18)17-8-4-6-10-19(17)20/h3-10,15,20-21,24H,2,11-14H2,1H3,(H,28,30)(H,29,33)(H,31,32). The number of alkyl halides is 2. The number of carbonyl (C=O) groups is 3. The van der Waals surface area contributed by atoms with Crippen molar-refractivity contribution >= 4 is 18.0 Å². The fraction of sp³-hybridized carbons (Fsp3) is 0.400. The van der Waals surface area contributed by atoms with Crippen LogP contribution in [-0.4, -0.2) is 48.2 Å². The molecular weight excluding hydrogens is 446 g/mol. The van der Waals surface area contributed by atoms with E-state index in [0.29, 0.717) is 6.42 Å². The van der Waals surface area contributed by atoms with E-state index in [1.54, 1.807) is 6.92 Å². The lowest BCUT2D eigenvalue weighted by molar-refractivity contribution is -0.137. The first-order valence-corrected chi connectivity index (χ1v) is 11.2. The molecule has 3 rings (SSSR count). The normalized spacial score (nSPS) is 14.1. The number of aliphatic carboxylic acids is 1. The predicted molar refractivity (Wildman–Crippen MR) is 122 cm³/mol. The molecule has 3 N–H and O–H groups in total. The molecule has 0 spiro atoms. The number of carboxylic acid groups (broad SMARTS) is 1. The maximum Gasteiger partial charge on any atom is 0.407 e. The fourth-order valence-corrected chi connectivity index (χ4v) is 4.16. The van der Waals surface area contributed by atoms with E-state index in [1.165, 1.54) is 0 Å². The van der Waals surface area contributed by atoms with Gasteiger partial charge < -0.3 is 20.5 Å². The quantitative estimate of drug-likeness (QED) is 0.450. The highest BCUT2D eigenvalue weighted by atomic mass is 19.3. The number of amides is 2. The van der Waals surface area contributed by atoms with Crippen LogP contribution in [0, 0.1) is 0 Å². The summed E-state index contributed by atoms with van der Waals surface area (Å²) in [6, 6.07) is 13.3. The number of carboxylic acids is 1. The first kappa shape index (κ1) is 25.1. The van der Waals surface area contributed by atoms with Crippen LogP contribution in [0.4, 0.5) is 13.6 Å². The maximum atomic E-state index is 13.5. The highest BCUT2D eigenvalue weighted by Crippen LogP contribution is 2.44. The molecule has 0 saturated heterocycles. The smallest absolute Gasteiger partial charge is 0.407 e. The first-order valence-electron chi connectivity index (χ1n) is 11.2. The van der Waals surface area contributed by atoms with Crippen molar-refractivity contribution in [2.45, 2.75) is 57.0 Å². The summed E-state index contributed by atoms with van der Waals surface area (Å²) in [5.41, 5.74) is 4.08. The first-order chi connectivity index (χ1) is 16.3. The molecule has 182 valence electrons. The summed E-state index contributed by atoms with van der Waals surface area (Å²) in [7, 11) is 0. The Morgan fingerprint density at radius 1 is 1.00 bits per heavy atom. The van der Waals surface area contributed by atoms with Crippen molar-refractivity contribution < 1.29 is 33.0 Å². The van der Waals surface area contributed by atoms with Gasteiger partial charge in [-0.1, -0.05) is 55.5 Å². The molecule has 0 aliphatic heterocycles. The monoisotopic (exact) mass is 474 g/mol. The van der Waals surface area contributed by atoms with Crippen molar-refractivity contribution in [3.63, 3.8) is 0 Å². The number of hydrogen-bond acceptors (Lipinski definition) is 4. The van der Waals surface area contributed by atoms with Crippen molar-refractivity contribution in [1.29, 1.82) is 0 Å². The zero-order chi connectivity index (χ0) is 24.7. The molecule has 0 aromatic heterocycles. The van der Waals surface area contributed by atoms with E-state index < -0.39 is 42.9 Å². The molecule has 1 aliphatic carbocycles. The Balaban J connectivity index is 1.56. The number of hydrogen-bond donors (Lipinski definition) is 3. The minimum Gasteiger partial charge on any atom is -0.481 e. The molecule has 0 heterocycles. The number of fused-ring (bicyclic) bond motifs is 3. The highest BCUT2D eigenvalue weighted by Gasteiger charge is 2.31. The molecule has 2 aromatic carbocycles. The van der Waals surface area contributed by atoms with Gasteiger partial charge in [0.2, 0.25) is 5.91 Å². The van der Waals surface area contributed by atoms with E-state index in [0.717, 1.165) is 22.3 Å². The number of halogens is 2. The Bertz CT molecular complexity index is 984. The Morgan fingerprint density at radius 3 is 2.12 bits per heavy atom. The van der Waals surface area contributed by atoms with E-state index in [9.17, 15) is 23.2 Å². The third-order valence-electron chi connectivity index (χ3n) is 5.92. The molecule has 2 unspecified atom stereocenters. The van der Waals surface area contributed by atoms with Crippen molar-refractivity contribution in [2.24, 2.45) is 0 Å². The summed E-state index contributed by atoms with van der Waals surface area (Å²) in [5, 5.41) is 13.4. The third-order valence-corrected chi connectivity index (χ3v) is 5.92. The molecule has 0 saturated carbocycles. The third kappa shape index (κ3) is 6.30. The molecule has 1 aliphatic rings. The van der Waals surface area contributed by atoms with Crippen LogP contribution in [0.1, 0.15) is 49.7 Å².